The first-order valence-corrected chi connectivity index (χ1v) is 8.96. The summed E-state index contributed by atoms with van der Waals surface area (Å²) in [6.45, 7) is 8.85. The third-order valence-electron chi connectivity index (χ3n) is 4.99. The Labute approximate surface area is 122 Å². The Morgan fingerprint density at radius 3 is 2.17 bits per heavy atom. The lowest BCUT2D eigenvalue weighted by atomic mass is 9.79. The lowest BCUT2D eigenvalue weighted by Gasteiger charge is -2.43. The van der Waals surface area contributed by atoms with Crippen LogP contribution in [0.4, 0.5) is 0 Å². The van der Waals surface area contributed by atoms with Gasteiger partial charge in [0.25, 0.3) is 0 Å². The van der Waals surface area contributed by atoms with E-state index in [9.17, 15) is 0 Å². The van der Waals surface area contributed by atoms with Gasteiger partial charge in [-0.1, -0.05) is 55.5 Å². The minimum atomic E-state index is 0.538. The minimum absolute atomic E-state index is 0.538. The van der Waals surface area contributed by atoms with Crippen molar-refractivity contribution in [2.45, 2.75) is 65.2 Å². The molecule has 1 saturated heterocycles. The van der Waals surface area contributed by atoms with E-state index in [1.165, 1.54) is 76.3 Å². The second-order valence-corrected chi connectivity index (χ2v) is 8.09. The van der Waals surface area contributed by atoms with Gasteiger partial charge in [0.1, 0.15) is 0 Å². The molecule has 0 aromatic carbocycles. The maximum absolute atomic E-state index is 3.83. The van der Waals surface area contributed by atoms with Crippen molar-refractivity contribution < 1.29 is 0 Å². The summed E-state index contributed by atoms with van der Waals surface area (Å²) in [7, 11) is 0. The third kappa shape index (κ3) is 3.96. The number of alkyl halides is 1. The van der Waals surface area contributed by atoms with Crippen LogP contribution in [0.3, 0.4) is 0 Å². The molecule has 1 aliphatic heterocycles. The molecule has 0 N–H and O–H groups in total. The Balaban J connectivity index is 1.96. The second-order valence-electron chi connectivity index (χ2n) is 7.53. The number of piperidine rings is 1. The van der Waals surface area contributed by atoms with Gasteiger partial charge in [0.15, 0.2) is 0 Å². The summed E-state index contributed by atoms with van der Waals surface area (Å²) in [6, 6.07) is 0. The predicted molar refractivity (Wildman–Crippen MR) is 83.4 cm³/mol. The van der Waals surface area contributed by atoms with E-state index in [1.807, 2.05) is 0 Å². The fraction of sp³-hybridized carbons (Fsp3) is 1.00. The van der Waals surface area contributed by atoms with Crippen LogP contribution in [0.25, 0.3) is 0 Å². The van der Waals surface area contributed by atoms with E-state index < -0.39 is 0 Å². The van der Waals surface area contributed by atoms with Crippen molar-refractivity contribution in [1.29, 1.82) is 0 Å². The first-order chi connectivity index (χ1) is 8.55. The first-order valence-electron chi connectivity index (χ1n) is 7.84. The molecule has 1 heterocycles. The Morgan fingerprint density at radius 1 is 0.944 bits per heavy atom. The summed E-state index contributed by atoms with van der Waals surface area (Å²) in [5, 5.41) is 1.21. The van der Waals surface area contributed by atoms with Crippen molar-refractivity contribution in [3.63, 3.8) is 0 Å². The summed E-state index contributed by atoms with van der Waals surface area (Å²) in [5.74, 6) is 0. The molecular weight excluding hydrogens is 286 g/mol. The first kappa shape index (κ1) is 14.8. The molecule has 0 amide bonds. The van der Waals surface area contributed by atoms with E-state index in [1.54, 1.807) is 0 Å². The average Bonchev–Trinajstić information content (AvgIpc) is 2.54. The highest BCUT2D eigenvalue weighted by Gasteiger charge is 2.35. The van der Waals surface area contributed by atoms with E-state index in [0.717, 1.165) is 0 Å². The summed E-state index contributed by atoms with van der Waals surface area (Å²) in [6.07, 6.45) is 11.5. The molecule has 0 radical (unpaired) electrons. The fourth-order valence-electron chi connectivity index (χ4n) is 3.97. The van der Waals surface area contributed by atoms with Gasteiger partial charge in [-0.2, -0.15) is 0 Å². The second kappa shape index (κ2) is 6.26. The molecule has 0 aromatic heterocycles. The molecular formula is C16H30BrN. The molecule has 1 aliphatic carbocycles. The van der Waals surface area contributed by atoms with Crippen molar-refractivity contribution in [2.75, 3.05) is 25.0 Å². The molecule has 2 aliphatic rings. The molecule has 1 nitrogen and oxygen atoms in total. The zero-order valence-corrected chi connectivity index (χ0v) is 13.9. The van der Waals surface area contributed by atoms with Crippen LogP contribution in [0, 0.1) is 10.8 Å². The molecule has 0 spiro atoms. The van der Waals surface area contributed by atoms with E-state index in [0.29, 0.717) is 10.8 Å². The van der Waals surface area contributed by atoms with E-state index >= 15 is 0 Å². The van der Waals surface area contributed by atoms with Crippen molar-refractivity contribution in [3.8, 4) is 0 Å². The van der Waals surface area contributed by atoms with Gasteiger partial charge in [0.2, 0.25) is 0 Å². The molecule has 2 heteroatoms. The van der Waals surface area contributed by atoms with Crippen molar-refractivity contribution >= 4 is 15.9 Å². The number of halogens is 1. The quantitative estimate of drug-likeness (QED) is 0.532. The van der Waals surface area contributed by atoms with Crippen LogP contribution >= 0.6 is 15.9 Å². The number of nitrogens with zero attached hydrogens (tertiary/aromatic N) is 1. The Kier molecular flexibility index (Phi) is 5.16. The van der Waals surface area contributed by atoms with Crippen LogP contribution < -0.4 is 0 Å². The molecule has 0 atom stereocenters. The van der Waals surface area contributed by atoms with Crippen LogP contribution in [0.15, 0.2) is 0 Å². The monoisotopic (exact) mass is 315 g/mol. The minimum Gasteiger partial charge on any atom is -0.302 e. The van der Waals surface area contributed by atoms with Crippen molar-refractivity contribution in [3.05, 3.63) is 0 Å². The van der Waals surface area contributed by atoms with Crippen LogP contribution in [0.2, 0.25) is 0 Å². The highest BCUT2D eigenvalue weighted by molar-refractivity contribution is 9.09. The van der Waals surface area contributed by atoms with Crippen LogP contribution in [-0.2, 0) is 0 Å². The zero-order valence-electron chi connectivity index (χ0n) is 12.3. The van der Waals surface area contributed by atoms with Gasteiger partial charge in [-0.25, -0.2) is 0 Å². The number of likely N-dealkylation sites (tertiary alicyclic amines) is 1. The Bertz CT molecular complexity index is 254. The van der Waals surface area contributed by atoms with Gasteiger partial charge in [-0.3, -0.25) is 0 Å². The van der Waals surface area contributed by atoms with E-state index in [4.69, 9.17) is 0 Å². The molecule has 2 fully saturated rings. The van der Waals surface area contributed by atoms with Gasteiger partial charge in [-0.15, -0.1) is 0 Å². The SMILES string of the molecule is CC1(C)CCCN(CC2(CBr)CCCCCC2)C1. The molecule has 1 saturated carbocycles. The Hall–Kier alpha value is 0.440. The van der Waals surface area contributed by atoms with E-state index in [-0.39, 0.29) is 0 Å². The predicted octanol–water partition coefficient (Wildman–Crippen LogP) is 4.84. The van der Waals surface area contributed by atoms with Crippen LogP contribution in [-0.4, -0.2) is 29.9 Å². The summed E-state index contributed by atoms with van der Waals surface area (Å²) in [4.78, 5) is 2.76. The highest BCUT2D eigenvalue weighted by atomic mass is 79.9. The van der Waals surface area contributed by atoms with Gasteiger partial charge >= 0.3 is 0 Å². The van der Waals surface area contributed by atoms with Crippen molar-refractivity contribution in [1.82, 2.24) is 4.90 Å². The Morgan fingerprint density at radius 2 is 1.61 bits per heavy atom. The maximum atomic E-state index is 3.83. The lowest BCUT2D eigenvalue weighted by molar-refractivity contribution is 0.0708. The standard InChI is InChI=1S/C16H30BrN/c1-15(2)8-7-11-18(13-15)14-16(12-17)9-5-3-4-6-10-16/h3-14H2,1-2H3. The molecule has 0 bridgehead atoms. The van der Waals surface area contributed by atoms with Gasteiger partial charge in [0.05, 0.1) is 0 Å². The van der Waals surface area contributed by atoms with Crippen LogP contribution in [0.5, 0.6) is 0 Å². The average molecular weight is 316 g/mol. The number of hydrogen-bond acceptors (Lipinski definition) is 1. The maximum Gasteiger partial charge on any atom is 0.0100 e. The third-order valence-corrected chi connectivity index (χ3v) is 6.18. The summed E-state index contributed by atoms with van der Waals surface area (Å²) >= 11 is 3.83. The lowest BCUT2D eigenvalue weighted by Crippen LogP contribution is -2.46. The van der Waals surface area contributed by atoms with Gasteiger partial charge in [-0.05, 0) is 43.1 Å². The molecule has 0 aromatic rings. The molecule has 18 heavy (non-hydrogen) atoms. The fourth-order valence-corrected chi connectivity index (χ4v) is 4.70. The van der Waals surface area contributed by atoms with Gasteiger partial charge in [0, 0.05) is 18.4 Å². The molecule has 0 unspecified atom stereocenters. The van der Waals surface area contributed by atoms with Gasteiger partial charge < -0.3 is 4.90 Å². The largest absolute Gasteiger partial charge is 0.302 e. The summed E-state index contributed by atoms with van der Waals surface area (Å²) in [5.41, 5.74) is 1.11. The molecule has 106 valence electrons. The number of rotatable bonds is 3. The zero-order chi connectivity index (χ0) is 13.1. The smallest absolute Gasteiger partial charge is 0.0100 e. The number of hydrogen-bond donors (Lipinski definition) is 0. The highest BCUT2D eigenvalue weighted by Crippen LogP contribution is 2.39. The van der Waals surface area contributed by atoms with E-state index in [2.05, 4.69) is 34.7 Å². The normalized spacial score (nSPS) is 28.8. The van der Waals surface area contributed by atoms with Crippen molar-refractivity contribution in [2.24, 2.45) is 10.8 Å². The summed E-state index contributed by atoms with van der Waals surface area (Å²) < 4.78 is 0. The molecule has 2 rings (SSSR count). The van der Waals surface area contributed by atoms with Crippen LogP contribution in [0.1, 0.15) is 65.2 Å². The topological polar surface area (TPSA) is 3.24 Å².